The highest BCUT2D eigenvalue weighted by molar-refractivity contribution is 7.89. The van der Waals surface area contributed by atoms with E-state index >= 15 is 0 Å². The Morgan fingerprint density at radius 3 is 2.74 bits per heavy atom. The molecule has 2 unspecified atom stereocenters. The van der Waals surface area contributed by atoms with Crippen LogP contribution in [0.1, 0.15) is 38.4 Å². The Morgan fingerprint density at radius 2 is 2.16 bits per heavy atom. The third-order valence-corrected chi connectivity index (χ3v) is 5.06. The zero-order chi connectivity index (χ0) is 14.0. The lowest BCUT2D eigenvalue weighted by molar-refractivity contribution is 0.361. The highest BCUT2D eigenvalue weighted by atomic mass is 32.2. The molecule has 0 saturated heterocycles. The summed E-state index contributed by atoms with van der Waals surface area (Å²) in [6.07, 6.45) is 5.34. The molecule has 0 radical (unpaired) electrons. The van der Waals surface area contributed by atoms with Gasteiger partial charge >= 0.3 is 0 Å². The van der Waals surface area contributed by atoms with Crippen molar-refractivity contribution in [1.29, 1.82) is 0 Å². The molecule has 1 aromatic rings. The number of imidazole rings is 1. The molecule has 0 aromatic carbocycles. The monoisotopic (exact) mass is 286 g/mol. The van der Waals surface area contributed by atoms with Crippen LogP contribution in [0.4, 0.5) is 0 Å². The van der Waals surface area contributed by atoms with Crippen LogP contribution in [0.3, 0.4) is 0 Å². The molecule has 1 heterocycles. The molecule has 0 bridgehead atoms. The summed E-state index contributed by atoms with van der Waals surface area (Å²) in [5, 5.41) is 0.0876. The molecule has 108 valence electrons. The number of hydrogen-bond donors (Lipinski definition) is 2. The minimum atomic E-state index is -3.57. The standard InChI is InChI=1S/C12H22N4O2S/c1-3-16-8-12(14-9(16)2)19(17,18)15-11-7-5-4-6-10(11)13/h8,10-11,15H,3-7,13H2,1-2H3. The Labute approximate surface area is 114 Å². The second-order valence-corrected chi connectivity index (χ2v) is 6.75. The van der Waals surface area contributed by atoms with Crippen molar-refractivity contribution in [2.75, 3.05) is 0 Å². The van der Waals surface area contributed by atoms with Crippen LogP contribution in [0.2, 0.25) is 0 Å². The van der Waals surface area contributed by atoms with Crippen LogP contribution in [-0.2, 0) is 16.6 Å². The van der Waals surface area contributed by atoms with Gasteiger partial charge in [-0.2, -0.15) is 0 Å². The van der Waals surface area contributed by atoms with Gasteiger partial charge in [0, 0.05) is 24.8 Å². The van der Waals surface area contributed by atoms with E-state index < -0.39 is 10.0 Å². The fourth-order valence-corrected chi connectivity index (χ4v) is 3.82. The fourth-order valence-electron chi connectivity index (χ4n) is 2.49. The van der Waals surface area contributed by atoms with Gasteiger partial charge in [0.25, 0.3) is 10.0 Å². The number of sulfonamides is 1. The molecule has 2 atom stereocenters. The first kappa shape index (κ1) is 14.5. The van der Waals surface area contributed by atoms with E-state index in [0.717, 1.165) is 25.7 Å². The summed E-state index contributed by atoms with van der Waals surface area (Å²) in [6, 6.07) is -0.274. The summed E-state index contributed by atoms with van der Waals surface area (Å²) in [7, 11) is -3.57. The molecule has 1 saturated carbocycles. The SMILES string of the molecule is CCn1cc(S(=O)(=O)NC2CCCCC2N)nc1C. The lowest BCUT2D eigenvalue weighted by Crippen LogP contribution is -2.49. The predicted molar refractivity (Wildman–Crippen MR) is 73.2 cm³/mol. The summed E-state index contributed by atoms with van der Waals surface area (Å²) in [4.78, 5) is 4.12. The van der Waals surface area contributed by atoms with Crippen LogP contribution >= 0.6 is 0 Å². The molecule has 3 N–H and O–H groups in total. The first-order valence-corrected chi connectivity index (χ1v) is 8.24. The minimum Gasteiger partial charge on any atom is -0.334 e. The van der Waals surface area contributed by atoms with E-state index in [1.54, 1.807) is 13.1 Å². The van der Waals surface area contributed by atoms with Crippen molar-refractivity contribution in [3.8, 4) is 0 Å². The number of nitrogens with one attached hydrogen (secondary N) is 1. The largest absolute Gasteiger partial charge is 0.334 e. The smallest absolute Gasteiger partial charge is 0.259 e. The maximum atomic E-state index is 12.3. The second-order valence-electron chi connectivity index (χ2n) is 5.09. The van der Waals surface area contributed by atoms with Crippen molar-refractivity contribution in [2.24, 2.45) is 5.73 Å². The summed E-state index contributed by atoms with van der Waals surface area (Å²) in [6.45, 7) is 4.46. The van der Waals surface area contributed by atoms with Crippen LogP contribution in [-0.4, -0.2) is 30.1 Å². The molecule has 1 fully saturated rings. The molecule has 7 heteroatoms. The first-order chi connectivity index (χ1) is 8.94. The van der Waals surface area contributed by atoms with Gasteiger partial charge in [-0.1, -0.05) is 12.8 Å². The van der Waals surface area contributed by atoms with Crippen molar-refractivity contribution < 1.29 is 8.42 Å². The molecule has 0 spiro atoms. The molecule has 0 aliphatic heterocycles. The average Bonchev–Trinajstić information content (AvgIpc) is 2.74. The van der Waals surface area contributed by atoms with Crippen molar-refractivity contribution in [1.82, 2.24) is 14.3 Å². The summed E-state index contributed by atoms with van der Waals surface area (Å²) in [5.41, 5.74) is 5.97. The van der Waals surface area contributed by atoms with Gasteiger partial charge in [-0.15, -0.1) is 0 Å². The lowest BCUT2D eigenvalue weighted by Gasteiger charge is -2.28. The molecule has 2 rings (SSSR count). The average molecular weight is 286 g/mol. The quantitative estimate of drug-likeness (QED) is 0.855. The Bertz CT molecular complexity index is 538. The first-order valence-electron chi connectivity index (χ1n) is 6.75. The van der Waals surface area contributed by atoms with E-state index in [1.165, 1.54) is 0 Å². The van der Waals surface area contributed by atoms with Gasteiger partial charge in [0.05, 0.1) is 0 Å². The van der Waals surface area contributed by atoms with E-state index in [4.69, 9.17) is 5.73 Å². The Balaban J connectivity index is 2.17. The van der Waals surface area contributed by atoms with E-state index in [2.05, 4.69) is 9.71 Å². The van der Waals surface area contributed by atoms with Gasteiger partial charge in [0.2, 0.25) is 0 Å². The zero-order valence-corrected chi connectivity index (χ0v) is 12.3. The van der Waals surface area contributed by atoms with E-state index in [0.29, 0.717) is 12.4 Å². The highest BCUT2D eigenvalue weighted by Crippen LogP contribution is 2.19. The van der Waals surface area contributed by atoms with E-state index in [-0.39, 0.29) is 17.1 Å². The molecular formula is C12H22N4O2S. The van der Waals surface area contributed by atoms with Gasteiger partial charge in [0.15, 0.2) is 5.03 Å². The normalized spacial score (nSPS) is 24.6. The van der Waals surface area contributed by atoms with E-state index in [9.17, 15) is 8.42 Å². The van der Waals surface area contributed by atoms with E-state index in [1.807, 2.05) is 11.5 Å². The number of nitrogens with two attached hydrogens (primary N) is 1. The molecule has 6 nitrogen and oxygen atoms in total. The van der Waals surface area contributed by atoms with Gasteiger partial charge in [0.1, 0.15) is 5.82 Å². The number of aryl methyl sites for hydroxylation is 2. The van der Waals surface area contributed by atoms with Crippen LogP contribution in [0.15, 0.2) is 11.2 Å². The van der Waals surface area contributed by atoms with Gasteiger partial charge < -0.3 is 10.3 Å². The molecule has 19 heavy (non-hydrogen) atoms. The van der Waals surface area contributed by atoms with Gasteiger partial charge in [-0.05, 0) is 26.7 Å². The third-order valence-electron chi connectivity index (χ3n) is 3.70. The minimum absolute atomic E-state index is 0.0876. The highest BCUT2D eigenvalue weighted by Gasteiger charge is 2.28. The van der Waals surface area contributed by atoms with Crippen molar-refractivity contribution in [3.63, 3.8) is 0 Å². The fraction of sp³-hybridized carbons (Fsp3) is 0.750. The predicted octanol–water partition coefficient (Wildman–Crippen LogP) is 0.760. The van der Waals surface area contributed by atoms with Crippen molar-refractivity contribution in [2.45, 2.75) is 63.2 Å². The number of nitrogens with zero attached hydrogens (tertiary/aromatic N) is 2. The Kier molecular flexibility index (Phi) is 4.27. The number of rotatable bonds is 4. The maximum absolute atomic E-state index is 12.3. The molecule has 1 aromatic heterocycles. The Hall–Kier alpha value is -0.920. The van der Waals surface area contributed by atoms with Crippen molar-refractivity contribution in [3.05, 3.63) is 12.0 Å². The summed E-state index contributed by atoms with van der Waals surface area (Å²) < 4.78 is 29.1. The molecule has 1 aliphatic rings. The van der Waals surface area contributed by atoms with Crippen LogP contribution in [0, 0.1) is 6.92 Å². The Morgan fingerprint density at radius 1 is 1.47 bits per heavy atom. The molecular weight excluding hydrogens is 264 g/mol. The summed E-state index contributed by atoms with van der Waals surface area (Å²) in [5.74, 6) is 0.704. The third kappa shape index (κ3) is 3.16. The van der Waals surface area contributed by atoms with Crippen LogP contribution < -0.4 is 10.5 Å². The van der Waals surface area contributed by atoms with Crippen LogP contribution in [0.5, 0.6) is 0 Å². The number of aromatic nitrogens is 2. The van der Waals surface area contributed by atoms with Gasteiger partial charge in [-0.3, -0.25) is 0 Å². The lowest BCUT2D eigenvalue weighted by atomic mass is 9.92. The number of hydrogen-bond acceptors (Lipinski definition) is 4. The maximum Gasteiger partial charge on any atom is 0.259 e. The molecule has 0 amide bonds. The summed E-state index contributed by atoms with van der Waals surface area (Å²) >= 11 is 0. The zero-order valence-electron chi connectivity index (χ0n) is 11.5. The topological polar surface area (TPSA) is 90.0 Å². The second kappa shape index (κ2) is 5.60. The molecule has 1 aliphatic carbocycles. The van der Waals surface area contributed by atoms with Gasteiger partial charge in [-0.25, -0.2) is 18.1 Å². The van der Waals surface area contributed by atoms with Crippen LogP contribution in [0.25, 0.3) is 0 Å². The van der Waals surface area contributed by atoms with Crippen molar-refractivity contribution >= 4 is 10.0 Å².